The largest absolute Gasteiger partial charge is 0.367 e. The second-order valence-corrected chi connectivity index (χ2v) is 7.05. The molecule has 0 spiro atoms. The van der Waals surface area contributed by atoms with Crippen LogP contribution in [0.5, 0.6) is 0 Å². The predicted molar refractivity (Wildman–Crippen MR) is 98.7 cm³/mol. The van der Waals surface area contributed by atoms with Gasteiger partial charge in [0.1, 0.15) is 5.82 Å². The SMILES string of the molecule is CCN1CCN(c2ccc(C(=O)N3CC[C@H](CNC)C3)cc2F)CC1. The van der Waals surface area contributed by atoms with Gasteiger partial charge >= 0.3 is 0 Å². The van der Waals surface area contributed by atoms with E-state index in [4.69, 9.17) is 0 Å². The Labute approximate surface area is 149 Å². The molecule has 1 aromatic carbocycles. The van der Waals surface area contributed by atoms with Crippen molar-refractivity contribution in [1.29, 1.82) is 0 Å². The van der Waals surface area contributed by atoms with Crippen LogP contribution >= 0.6 is 0 Å². The van der Waals surface area contributed by atoms with E-state index in [1.807, 2.05) is 11.9 Å². The molecule has 0 saturated carbocycles. The van der Waals surface area contributed by atoms with Gasteiger partial charge in [-0.3, -0.25) is 4.79 Å². The van der Waals surface area contributed by atoms with Crippen LogP contribution in [0.4, 0.5) is 10.1 Å². The van der Waals surface area contributed by atoms with Crippen LogP contribution < -0.4 is 10.2 Å². The van der Waals surface area contributed by atoms with E-state index in [2.05, 4.69) is 22.0 Å². The number of carbonyl (C=O) groups is 1. The number of halogens is 1. The molecule has 2 aliphatic heterocycles. The standard InChI is InChI=1S/C19H29FN4O/c1-3-22-8-10-23(11-9-22)18-5-4-16(12-17(18)20)19(25)24-7-6-15(14-24)13-21-2/h4-5,12,15,21H,3,6-11,13-14H2,1-2H3/t15-/m1/s1. The number of carbonyl (C=O) groups excluding carboxylic acids is 1. The molecule has 0 radical (unpaired) electrons. The molecular formula is C19H29FN4O. The van der Waals surface area contributed by atoms with E-state index in [9.17, 15) is 9.18 Å². The van der Waals surface area contributed by atoms with Gasteiger partial charge in [-0.25, -0.2) is 4.39 Å². The quantitative estimate of drug-likeness (QED) is 0.878. The van der Waals surface area contributed by atoms with Gasteiger partial charge in [-0.1, -0.05) is 6.92 Å². The number of likely N-dealkylation sites (tertiary alicyclic amines) is 1. The molecule has 2 fully saturated rings. The summed E-state index contributed by atoms with van der Waals surface area (Å²) < 4.78 is 14.6. The number of anilines is 1. The van der Waals surface area contributed by atoms with Crippen molar-refractivity contribution in [3.05, 3.63) is 29.6 Å². The number of rotatable bonds is 5. The summed E-state index contributed by atoms with van der Waals surface area (Å²) in [6.07, 6.45) is 1.01. The first-order valence-corrected chi connectivity index (χ1v) is 9.33. The molecule has 2 heterocycles. The molecule has 1 amide bonds. The summed E-state index contributed by atoms with van der Waals surface area (Å²) in [6, 6.07) is 4.96. The monoisotopic (exact) mass is 348 g/mol. The molecular weight excluding hydrogens is 319 g/mol. The number of hydrogen-bond donors (Lipinski definition) is 1. The Morgan fingerprint density at radius 2 is 2.00 bits per heavy atom. The average Bonchev–Trinajstić information content (AvgIpc) is 3.10. The summed E-state index contributed by atoms with van der Waals surface area (Å²) in [6.45, 7) is 9.18. The Kier molecular flexibility index (Phi) is 5.91. The first-order chi connectivity index (χ1) is 12.1. The number of benzene rings is 1. The highest BCUT2D eigenvalue weighted by atomic mass is 19.1. The second-order valence-electron chi connectivity index (χ2n) is 7.05. The van der Waals surface area contributed by atoms with Gasteiger partial charge in [0.05, 0.1) is 5.69 Å². The summed E-state index contributed by atoms with van der Waals surface area (Å²) in [5, 5.41) is 3.16. The zero-order valence-corrected chi connectivity index (χ0v) is 15.3. The van der Waals surface area contributed by atoms with Crippen LogP contribution in [0.15, 0.2) is 18.2 Å². The maximum Gasteiger partial charge on any atom is 0.253 e. The molecule has 0 bridgehead atoms. The number of likely N-dealkylation sites (N-methyl/N-ethyl adjacent to an activating group) is 1. The lowest BCUT2D eigenvalue weighted by Gasteiger charge is -2.35. The van der Waals surface area contributed by atoms with Crippen molar-refractivity contribution < 1.29 is 9.18 Å². The molecule has 1 N–H and O–H groups in total. The van der Waals surface area contributed by atoms with Gasteiger partial charge in [-0.15, -0.1) is 0 Å². The fourth-order valence-corrected chi connectivity index (χ4v) is 3.86. The van der Waals surface area contributed by atoms with E-state index in [1.165, 1.54) is 6.07 Å². The fourth-order valence-electron chi connectivity index (χ4n) is 3.86. The van der Waals surface area contributed by atoms with Crippen molar-refractivity contribution in [1.82, 2.24) is 15.1 Å². The molecule has 1 aromatic rings. The number of amides is 1. The minimum Gasteiger partial charge on any atom is -0.367 e. The Morgan fingerprint density at radius 1 is 1.24 bits per heavy atom. The Balaban J connectivity index is 1.65. The normalized spacial score (nSPS) is 21.8. The number of nitrogens with zero attached hydrogens (tertiary/aromatic N) is 3. The summed E-state index contributed by atoms with van der Waals surface area (Å²) in [5.41, 5.74) is 1.07. The molecule has 3 rings (SSSR count). The smallest absolute Gasteiger partial charge is 0.253 e. The molecule has 6 heteroatoms. The van der Waals surface area contributed by atoms with Crippen LogP contribution in [-0.4, -0.2) is 75.1 Å². The maximum atomic E-state index is 14.6. The number of hydrogen-bond acceptors (Lipinski definition) is 4. The van der Waals surface area contributed by atoms with Gasteiger partial charge in [-0.2, -0.15) is 0 Å². The second kappa shape index (κ2) is 8.15. The summed E-state index contributed by atoms with van der Waals surface area (Å²) in [5.74, 6) is 0.148. The lowest BCUT2D eigenvalue weighted by molar-refractivity contribution is 0.0786. The van der Waals surface area contributed by atoms with Gasteiger partial charge in [0, 0.05) is 44.8 Å². The molecule has 0 aromatic heterocycles. The van der Waals surface area contributed by atoms with Gasteiger partial charge in [-0.05, 0) is 50.7 Å². The summed E-state index contributed by atoms with van der Waals surface area (Å²) in [4.78, 5) is 18.9. The average molecular weight is 348 g/mol. The van der Waals surface area contributed by atoms with Crippen molar-refractivity contribution in [2.75, 3.05) is 64.3 Å². The number of nitrogens with one attached hydrogen (secondary N) is 1. The van der Waals surface area contributed by atoms with Gasteiger partial charge in [0.2, 0.25) is 0 Å². The molecule has 138 valence electrons. The van der Waals surface area contributed by atoms with Gasteiger partial charge in [0.15, 0.2) is 0 Å². The van der Waals surface area contributed by atoms with E-state index in [0.29, 0.717) is 17.2 Å². The van der Waals surface area contributed by atoms with E-state index < -0.39 is 0 Å². The van der Waals surface area contributed by atoms with Gasteiger partial charge < -0.3 is 20.0 Å². The maximum absolute atomic E-state index is 14.6. The fraction of sp³-hybridized carbons (Fsp3) is 0.632. The molecule has 0 aliphatic carbocycles. The zero-order valence-electron chi connectivity index (χ0n) is 15.3. The highest BCUT2D eigenvalue weighted by molar-refractivity contribution is 5.94. The zero-order chi connectivity index (χ0) is 17.8. The third-order valence-corrected chi connectivity index (χ3v) is 5.42. The van der Waals surface area contributed by atoms with Crippen LogP contribution in [0.3, 0.4) is 0 Å². The van der Waals surface area contributed by atoms with Crippen molar-refractivity contribution in [2.45, 2.75) is 13.3 Å². The summed E-state index contributed by atoms with van der Waals surface area (Å²) in [7, 11) is 1.93. The van der Waals surface area contributed by atoms with Crippen LogP contribution in [0.2, 0.25) is 0 Å². The molecule has 2 aliphatic rings. The third kappa shape index (κ3) is 4.12. The van der Waals surface area contributed by atoms with Crippen LogP contribution in [0.1, 0.15) is 23.7 Å². The van der Waals surface area contributed by atoms with E-state index >= 15 is 0 Å². The minimum atomic E-state index is -0.290. The molecule has 25 heavy (non-hydrogen) atoms. The van der Waals surface area contributed by atoms with E-state index in [1.54, 1.807) is 12.1 Å². The lowest BCUT2D eigenvalue weighted by atomic mass is 10.1. The van der Waals surface area contributed by atoms with Crippen molar-refractivity contribution in [2.24, 2.45) is 5.92 Å². The van der Waals surface area contributed by atoms with Crippen LogP contribution in [0, 0.1) is 11.7 Å². The summed E-state index contributed by atoms with van der Waals surface area (Å²) >= 11 is 0. The van der Waals surface area contributed by atoms with Crippen molar-refractivity contribution >= 4 is 11.6 Å². The minimum absolute atomic E-state index is 0.0557. The highest BCUT2D eigenvalue weighted by Crippen LogP contribution is 2.24. The van der Waals surface area contributed by atoms with E-state index in [-0.39, 0.29) is 11.7 Å². The van der Waals surface area contributed by atoms with Crippen LogP contribution in [-0.2, 0) is 0 Å². The molecule has 2 saturated heterocycles. The van der Waals surface area contributed by atoms with Crippen LogP contribution in [0.25, 0.3) is 0 Å². The van der Waals surface area contributed by atoms with E-state index in [0.717, 1.165) is 58.8 Å². The Morgan fingerprint density at radius 3 is 2.64 bits per heavy atom. The molecule has 0 unspecified atom stereocenters. The third-order valence-electron chi connectivity index (χ3n) is 5.42. The van der Waals surface area contributed by atoms with Crippen molar-refractivity contribution in [3.8, 4) is 0 Å². The first-order valence-electron chi connectivity index (χ1n) is 9.33. The first kappa shape index (κ1) is 18.1. The number of piperazine rings is 1. The molecule has 5 nitrogen and oxygen atoms in total. The molecule has 1 atom stereocenters. The highest BCUT2D eigenvalue weighted by Gasteiger charge is 2.27. The Bertz CT molecular complexity index is 601. The topological polar surface area (TPSA) is 38.8 Å². The predicted octanol–water partition coefficient (Wildman–Crippen LogP) is 1.65. The Hall–Kier alpha value is -1.66. The van der Waals surface area contributed by atoms with Gasteiger partial charge in [0.25, 0.3) is 5.91 Å². The lowest BCUT2D eigenvalue weighted by Crippen LogP contribution is -2.46. The van der Waals surface area contributed by atoms with Crippen molar-refractivity contribution in [3.63, 3.8) is 0 Å².